The number of amides is 1. The average Bonchev–Trinajstić information content (AvgIpc) is 3.33. The van der Waals surface area contributed by atoms with E-state index in [2.05, 4.69) is 21.3 Å². The lowest BCUT2D eigenvalue weighted by molar-refractivity contribution is 0.0194. The molecule has 1 aliphatic carbocycles. The van der Waals surface area contributed by atoms with Gasteiger partial charge in [0.25, 0.3) is 5.91 Å². The molecule has 2 heterocycles. The minimum atomic E-state index is -0.674. The zero-order valence-corrected chi connectivity index (χ0v) is 20.9. The normalized spacial score (nSPS) is 21.4. The summed E-state index contributed by atoms with van der Waals surface area (Å²) in [5.74, 6) is -0.162. The van der Waals surface area contributed by atoms with Crippen LogP contribution in [0.4, 0.5) is 5.13 Å². The number of likely N-dealkylation sites (tertiary alicyclic amines) is 1. The molecule has 1 saturated heterocycles. The predicted octanol–water partition coefficient (Wildman–Crippen LogP) is 4.24. The number of thiazole rings is 1. The van der Waals surface area contributed by atoms with Crippen LogP contribution in [0.2, 0.25) is 5.15 Å². The number of benzene rings is 2. The highest BCUT2D eigenvalue weighted by Gasteiger charge is 2.53. The van der Waals surface area contributed by atoms with Gasteiger partial charge < -0.3 is 15.3 Å². The van der Waals surface area contributed by atoms with Crippen molar-refractivity contribution in [3.05, 3.63) is 81.3 Å². The molecule has 1 aromatic heterocycles. The van der Waals surface area contributed by atoms with Crippen LogP contribution in [0.3, 0.4) is 0 Å². The lowest BCUT2D eigenvalue weighted by Crippen LogP contribution is -2.49. The first-order chi connectivity index (χ1) is 16.4. The van der Waals surface area contributed by atoms with Crippen LogP contribution in [0, 0.1) is 0 Å². The number of fused-ring (bicyclic) bond motifs is 2. The standard InChI is InChI=1S/C26H29ClN4O2S/c1-30(2)25-29-23(27)20(34-25)16-31-14-12-26(13-15-31)19-11-7-6-10-18(19)21(22(26)32)28-24(33)17-8-4-3-5-9-17/h3-11,21-22,32H,12-16H2,1-2H3,(H,28,33)/t21-,22+/m1/s1. The number of rotatable bonds is 5. The minimum absolute atomic E-state index is 0.162. The van der Waals surface area contributed by atoms with E-state index in [1.165, 1.54) is 0 Å². The number of halogens is 1. The van der Waals surface area contributed by atoms with Crippen LogP contribution < -0.4 is 10.2 Å². The van der Waals surface area contributed by atoms with Crippen molar-refractivity contribution in [1.82, 2.24) is 15.2 Å². The maximum absolute atomic E-state index is 12.9. The van der Waals surface area contributed by atoms with E-state index in [0.717, 1.165) is 53.6 Å². The second kappa shape index (κ2) is 9.30. The van der Waals surface area contributed by atoms with Crippen molar-refractivity contribution in [2.75, 3.05) is 32.1 Å². The van der Waals surface area contributed by atoms with Crippen molar-refractivity contribution < 1.29 is 9.90 Å². The molecule has 0 bridgehead atoms. The van der Waals surface area contributed by atoms with Gasteiger partial charge in [0.15, 0.2) is 5.13 Å². The Labute approximate surface area is 209 Å². The predicted molar refractivity (Wildman–Crippen MR) is 137 cm³/mol. The number of carbonyl (C=O) groups is 1. The molecular weight excluding hydrogens is 468 g/mol. The van der Waals surface area contributed by atoms with E-state index in [-0.39, 0.29) is 11.3 Å². The molecule has 3 aromatic rings. The number of nitrogens with zero attached hydrogens (tertiary/aromatic N) is 3. The van der Waals surface area contributed by atoms with Gasteiger partial charge in [-0.15, -0.1) is 0 Å². The number of hydrogen-bond donors (Lipinski definition) is 2. The zero-order chi connectivity index (χ0) is 23.9. The van der Waals surface area contributed by atoms with Crippen molar-refractivity contribution in [3.63, 3.8) is 0 Å². The number of aliphatic hydroxyl groups excluding tert-OH is 1. The van der Waals surface area contributed by atoms with E-state index >= 15 is 0 Å². The molecule has 6 nitrogen and oxygen atoms in total. The summed E-state index contributed by atoms with van der Waals surface area (Å²) in [4.78, 5) is 22.8. The number of hydrogen-bond acceptors (Lipinski definition) is 6. The van der Waals surface area contributed by atoms with Gasteiger partial charge in [-0.05, 0) is 49.2 Å². The fraction of sp³-hybridized carbons (Fsp3) is 0.385. The number of piperidine rings is 1. The summed E-state index contributed by atoms with van der Waals surface area (Å²) in [5, 5.41) is 16.2. The Hall–Kier alpha value is -2.45. The summed E-state index contributed by atoms with van der Waals surface area (Å²) in [6.45, 7) is 2.44. The highest BCUT2D eigenvalue weighted by molar-refractivity contribution is 7.16. The first kappa shape index (κ1) is 23.3. The van der Waals surface area contributed by atoms with Gasteiger partial charge in [0.05, 0.1) is 17.0 Å². The Balaban J connectivity index is 1.33. The third kappa shape index (κ3) is 4.11. The van der Waals surface area contributed by atoms with Crippen molar-refractivity contribution in [3.8, 4) is 0 Å². The van der Waals surface area contributed by atoms with Crippen LogP contribution in [0.15, 0.2) is 54.6 Å². The Morgan fingerprint density at radius 2 is 1.85 bits per heavy atom. The number of anilines is 1. The van der Waals surface area contributed by atoms with Gasteiger partial charge in [-0.1, -0.05) is 65.4 Å². The largest absolute Gasteiger partial charge is 0.390 e. The fourth-order valence-corrected chi connectivity index (χ4v) is 6.55. The first-order valence-electron chi connectivity index (χ1n) is 11.6. The second-order valence-corrected chi connectivity index (χ2v) is 10.8. The second-order valence-electron chi connectivity index (χ2n) is 9.39. The highest BCUT2D eigenvalue weighted by Crippen LogP contribution is 2.51. The molecule has 1 aliphatic heterocycles. The average molecular weight is 497 g/mol. The fourth-order valence-electron chi connectivity index (χ4n) is 5.33. The van der Waals surface area contributed by atoms with E-state index in [1.54, 1.807) is 23.5 Å². The Bertz CT molecular complexity index is 1170. The van der Waals surface area contributed by atoms with Gasteiger partial charge in [-0.2, -0.15) is 0 Å². The Morgan fingerprint density at radius 1 is 1.18 bits per heavy atom. The molecule has 1 spiro atoms. The Morgan fingerprint density at radius 3 is 2.53 bits per heavy atom. The van der Waals surface area contributed by atoms with Crippen molar-refractivity contribution in [2.24, 2.45) is 0 Å². The third-order valence-corrected chi connectivity index (χ3v) is 8.81. The lowest BCUT2D eigenvalue weighted by atomic mass is 9.72. The topological polar surface area (TPSA) is 68.7 Å². The summed E-state index contributed by atoms with van der Waals surface area (Å²) < 4.78 is 0. The molecule has 0 saturated carbocycles. The van der Waals surface area contributed by atoms with Gasteiger partial charge in [-0.3, -0.25) is 9.69 Å². The maximum atomic E-state index is 12.9. The van der Waals surface area contributed by atoms with Crippen molar-refractivity contribution >= 4 is 34.0 Å². The molecule has 2 aliphatic rings. The van der Waals surface area contributed by atoms with Crippen LogP contribution in [-0.2, 0) is 12.0 Å². The number of nitrogens with one attached hydrogen (secondary N) is 1. The van der Waals surface area contributed by atoms with Crippen LogP contribution in [0.5, 0.6) is 0 Å². The molecule has 5 rings (SSSR count). The van der Waals surface area contributed by atoms with Gasteiger partial charge in [0, 0.05) is 31.6 Å². The van der Waals surface area contributed by atoms with E-state index in [0.29, 0.717) is 10.7 Å². The summed E-state index contributed by atoms with van der Waals surface area (Å²) in [5.41, 5.74) is 2.41. The van der Waals surface area contributed by atoms with Gasteiger partial charge in [0.1, 0.15) is 5.15 Å². The molecule has 1 amide bonds. The van der Waals surface area contributed by atoms with E-state index in [1.807, 2.05) is 55.4 Å². The molecule has 34 heavy (non-hydrogen) atoms. The van der Waals surface area contributed by atoms with E-state index in [9.17, 15) is 9.90 Å². The molecule has 2 aromatic carbocycles. The molecule has 1 fully saturated rings. The van der Waals surface area contributed by atoms with E-state index < -0.39 is 12.1 Å². The third-order valence-electron chi connectivity index (χ3n) is 7.17. The summed E-state index contributed by atoms with van der Waals surface area (Å²) in [7, 11) is 3.94. The van der Waals surface area contributed by atoms with Gasteiger partial charge in [0.2, 0.25) is 0 Å². The SMILES string of the molecule is CN(C)c1nc(Cl)c(CN2CCC3(CC2)c2ccccc2[C@@H](NC(=O)c2ccccc2)[C@@H]3O)s1. The maximum Gasteiger partial charge on any atom is 0.251 e. The zero-order valence-electron chi connectivity index (χ0n) is 19.4. The van der Waals surface area contributed by atoms with E-state index in [4.69, 9.17) is 11.6 Å². The highest BCUT2D eigenvalue weighted by atomic mass is 35.5. The number of aliphatic hydroxyl groups is 1. The quantitative estimate of drug-likeness (QED) is 0.553. The lowest BCUT2D eigenvalue weighted by Gasteiger charge is -2.42. The molecule has 8 heteroatoms. The molecule has 0 radical (unpaired) electrons. The van der Waals surface area contributed by atoms with Crippen LogP contribution in [-0.4, -0.2) is 54.2 Å². The van der Waals surface area contributed by atoms with Gasteiger partial charge in [-0.25, -0.2) is 4.98 Å². The van der Waals surface area contributed by atoms with Crippen LogP contribution >= 0.6 is 22.9 Å². The van der Waals surface area contributed by atoms with Crippen LogP contribution in [0.25, 0.3) is 0 Å². The first-order valence-corrected chi connectivity index (χ1v) is 12.8. The molecule has 2 N–H and O–H groups in total. The summed E-state index contributed by atoms with van der Waals surface area (Å²) in [6.07, 6.45) is 0.965. The van der Waals surface area contributed by atoms with Crippen molar-refractivity contribution in [2.45, 2.75) is 36.9 Å². The molecule has 2 atom stereocenters. The number of carbonyl (C=O) groups excluding carboxylic acids is 1. The molecular formula is C26H29ClN4O2S. The number of aromatic nitrogens is 1. The minimum Gasteiger partial charge on any atom is -0.390 e. The van der Waals surface area contributed by atoms with Crippen molar-refractivity contribution in [1.29, 1.82) is 0 Å². The summed E-state index contributed by atoms with van der Waals surface area (Å²) >= 11 is 8.03. The molecule has 0 unspecified atom stereocenters. The monoisotopic (exact) mass is 496 g/mol. The molecule has 178 valence electrons. The van der Waals surface area contributed by atoms with Crippen LogP contribution in [0.1, 0.15) is 45.2 Å². The smallest absolute Gasteiger partial charge is 0.251 e. The summed E-state index contributed by atoms with van der Waals surface area (Å²) in [6, 6.07) is 16.9. The Kier molecular flexibility index (Phi) is 6.37. The van der Waals surface area contributed by atoms with Gasteiger partial charge >= 0.3 is 0 Å².